The van der Waals surface area contributed by atoms with Gasteiger partial charge in [0.2, 0.25) is 5.91 Å². The van der Waals surface area contributed by atoms with Crippen LogP contribution in [0.2, 0.25) is 0 Å². The molecule has 1 unspecified atom stereocenters. The summed E-state index contributed by atoms with van der Waals surface area (Å²) in [5.41, 5.74) is -0.0736. The van der Waals surface area contributed by atoms with Crippen molar-refractivity contribution in [2.75, 3.05) is 40.3 Å². The molecule has 1 atom stereocenters. The summed E-state index contributed by atoms with van der Waals surface area (Å²) in [6.45, 7) is 10.2. The van der Waals surface area contributed by atoms with Crippen LogP contribution in [0.5, 0.6) is 0 Å². The molecule has 1 heterocycles. The molecule has 0 aromatic heterocycles. The highest BCUT2D eigenvalue weighted by molar-refractivity contribution is 5.83. The van der Waals surface area contributed by atoms with Crippen molar-refractivity contribution in [2.45, 2.75) is 46.5 Å². The molecule has 1 rings (SSSR count). The Labute approximate surface area is 124 Å². The third kappa shape index (κ3) is 5.06. The molecule has 0 aromatic carbocycles. The van der Waals surface area contributed by atoms with Gasteiger partial charge in [-0.15, -0.1) is 0 Å². The standard InChI is InChI=1S/C16H33N3O/c1-6-8-16(9-7-10-17-12-16)14(20)18-11-15(2,3)13-19(4)5/h17H,6-13H2,1-5H3,(H,18,20). The fraction of sp³-hybridized carbons (Fsp3) is 0.938. The summed E-state index contributed by atoms with van der Waals surface area (Å²) >= 11 is 0. The van der Waals surface area contributed by atoms with Crippen molar-refractivity contribution in [1.29, 1.82) is 0 Å². The Hall–Kier alpha value is -0.610. The lowest BCUT2D eigenvalue weighted by molar-refractivity contribution is -0.133. The SMILES string of the molecule is CCCC1(C(=O)NCC(C)(C)CN(C)C)CCCNC1. The van der Waals surface area contributed by atoms with E-state index < -0.39 is 0 Å². The van der Waals surface area contributed by atoms with E-state index in [1.807, 2.05) is 0 Å². The summed E-state index contributed by atoms with van der Waals surface area (Å²) in [5.74, 6) is 0.249. The maximum Gasteiger partial charge on any atom is 0.227 e. The van der Waals surface area contributed by atoms with Crippen LogP contribution in [0.1, 0.15) is 46.5 Å². The van der Waals surface area contributed by atoms with E-state index in [1.54, 1.807) is 0 Å². The molecule has 0 aliphatic carbocycles. The second-order valence-corrected chi connectivity index (χ2v) is 7.40. The second kappa shape index (κ2) is 7.41. The maximum atomic E-state index is 12.7. The maximum absolute atomic E-state index is 12.7. The van der Waals surface area contributed by atoms with Crippen molar-refractivity contribution >= 4 is 5.91 Å². The highest BCUT2D eigenvalue weighted by Crippen LogP contribution is 2.32. The smallest absolute Gasteiger partial charge is 0.227 e. The quantitative estimate of drug-likeness (QED) is 0.749. The number of piperidine rings is 1. The molecule has 4 nitrogen and oxygen atoms in total. The molecule has 1 aliphatic rings. The van der Waals surface area contributed by atoms with Gasteiger partial charge in [-0.05, 0) is 45.3 Å². The summed E-state index contributed by atoms with van der Waals surface area (Å²) < 4.78 is 0. The minimum Gasteiger partial charge on any atom is -0.355 e. The van der Waals surface area contributed by atoms with Gasteiger partial charge in [0, 0.05) is 19.6 Å². The van der Waals surface area contributed by atoms with E-state index in [1.165, 1.54) is 0 Å². The number of amides is 1. The molecule has 0 bridgehead atoms. The van der Waals surface area contributed by atoms with Gasteiger partial charge in [-0.1, -0.05) is 27.2 Å². The molecule has 2 N–H and O–H groups in total. The molecule has 1 fully saturated rings. The molecule has 0 aromatic rings. The van der Waals surface area contributed by atoms with E-state index in [-0.39, 0.29) is 16.7 Å². The van der Waals surface area contributed by atoms with Crippen LogP contribution in [0.15, 0.2) is 0 Å². The van der Waals surface area contributed by atoms with Gasteiger partial charge in [-0.2, -0.15) is 0 Å². The van der Waals surface area contributed by atoms with E-state index in [4.69, 9.17) is 0 Å². The lowest BCUT2D eigenvalue weighted by Gasteiger charge is -2.37. The summed E-state index contributed by atoms with van der Waals surface area (Å²) in [6, 6.07) is 0. The minimum atomic E-state index is -0.179. The van der Waals surface area contributed by atoms with E-state index in [0.29, 0.717) is 0 Å². The van der Waals surface area contributed by atoms with Crippen molar-refractivity contribution in [3.8, 4) is 0 Å². The zero-order valence-electron chi connectivity index (χ0n) is 14.0. The molecular formula is C16H33N3O. The van der Waals surface area contributed by atoms with E-state index in [2.05, 4.69) is 50.4 Å². The first-order valence-corrected chi connectivity index (χ1v) is 7.95. The normalized spacial score (nSPS) is 23.9. The van der Waals surface area contributed by atoms with Crippen molar-refractivity contribution in [3.63, 3.8) is 0 Å². The second-order valence-electron chi connectivity index (χ2n) is 7.40. The summed E-state index contributed by atoms with van der Waals surface area (Å²) in [7, 11) is 4.15. The molecule has 1 amide bonds. The molecular weight excluding hydrogens is 250 g/mol. The first-order chi connectivity index (χ1) is 9.31. The van der Waals surface area contributed by atoms with Crippen molar-refractivity contribution in [2.24, 2.45) is 10.8 Å². The Morgan fingerprint density at radius 3 is 2.60 bits per heavy atom. The number of rotatable bonds is 7. The largest absolute Gasteiger partial charge is 0.355 e. The third-order valence-corrected chi connectivity index (χ3v) is 4.15. The van der Waals surface area contributed by atoms with Crippen LogP contribution in [0.3, 0.4) is 0 Å². The Balaban J connectivity index is 2.58. The van der Waals surface area contributed by atoms with Crippen LogP contribution >= 0.6 is 0 Å². The number of hydrogen-bond acceptors (Lipinski definition) is 3. The van der Waals surface area contributed by atoms with Crippen LogP contribution in [0, 0.1) is 10.8 Å². The van der Waals surface area contributed by atoms with Crippen LogP contribution < -0.4 is 10.6 Å². The van der Waals surface area contributed by atoms with Gasteiger partial charge >= 0.3 is 0 Å². The minimum absolute atomic E-state index is 0.106. The number of nitrogens with one attached hydrogen (secondary N) is 2. The highest BCUT2D eigenvalue weighted by atomic mass is 16.2. The first-order valence-electron chi connectivity index (χ1n) is 7.95. The Bertz CT molecular complexity index is 301. The molecule has 0 spiro atoms. The molecule has 4 heteroatoms. The van der Waals surface area contributed by atoms with E-state index in [9.17, 15) is 4.79 Å². The third-order valence-electron chi connectivity index (χ3n) is 4.15. The van der Waals surface area contributed by atoms with E-state index in [0.717, 1.165) is 51.9 Å². The molecule has 1 saturated heterocycles. The van der Waals surface area contributed by atoms with Crippen LogP contribution in [0.25, 0.3) is 0 Å². The molecule has 0 saturated carbocycles. The summed E-state index contributed by atoms with van der Waals surface area (Å²) in [4.78, 5) is 14.9. The number of nitrogens with zero attached hydrogens (tertiary/aromatic N) is 1. The topological polar surface area (TPSA) is 44.4 Å². The predicted molar refractivity (Wildman–Crippen MR) is 84.8 cm³/mol. The first kappa shape index (κ1) is 17.4. The molecule has 0 radical (unpaired) electrons. The van der Waals surface area contributed by atoms with Crippen LogP contribution in [-0.4, -0.2) is 51.1 Å². The Morgan fingerprint density at radius 2 is 2.10 bits per heavy atom. The van der Waals surface area contributed by atoms with Gasteiger partial charge in [0.1, 0.15) is 0 Å². The van der Waals surface area contributed by atoms with Gasteiger partial charge in [0.15, 0.2) is 0 Å². The van der Waals surface area contributed by atoms with Gasteiger partial charge < -0.3 is 15.5 Å². The van der Waals surface area contributed by atoms with Gasteiger partial charge in [-0.25, -0.2) is 0 Å². The lowest BCUT2D eigenvalue weighted by atomic mass is 9.76. The van der Waals surface area contributed by atoms with Crippen LogP contribution in [-0.2, 0) is 4.79 Å². The van der Waals surface area contributed by atoms with Crippen molar-refractivity contribution < 1.29 is 4.79 Å². The number of hydrogen-bond donors (Lipinski definition) is 2. The van der Waals surface area contributed by atoms with Gasteiger partial charge in [0.25, 0.3) is 0 Å². The van der Waals surface area contributed by atoms with Crippen LogP contribution in [0.4, 0.5) is 0 Å². The Morgan fingerprint density at radius 1 is 1.40 bits per heavy atom. The fourth-order valence-electron chi connectivity index (χ4n) is 3.39. The lowest BCUT2D eigenvalue weighted by Crippen LogP contribution is -2.52. The summed E-state index contributed by atoms with van der Waals surface area (Å²) in [6.07, 6.45) is 4.18. The summed E-state index contributed by atoms with van der Waals surface area (Å²) in [5, 5.41) is 6.62. The monoisotopic (exact) mass is 283 g/mol. The zero-order valence-corrected chi connectivity index (χ0v) is 14.0. The number of carbonyl (C=O) groups is 1. The average molecular weight is 283 g/mol. The Kier molecular flexibility index (Phi) is 6.46. The molecule has 20 heavy (non-hydrogen) atoms. The number of carbonyl (C=O) groups excluding carboxylic acids is 1. The molecule has 1 aliphatic heterocycles. The van der Waals surface area contributed by atoms with E-state index >= 15 is 0 Å². The predicted octanol–water partition coefficient (Wildman–Crippen LogP) is 1.86. The fourth-order valence-corrected chi connectivity index (χ4v) is 3.39. The van der Waals surface area contributed by atoms with Crippen molar-refractivity contribution in [3.05, 3.63) is 0 Å². The van der Waals surface area contributed by atoms with Gasteiger partial charge in [-0.3, -0.25) is 4.79 Å². The highest BCUT2D eigenvalue weighted by Gasteiger charge is 2.39. The zero-order chi connectivity index (χ0) is 15.2. The van der Waals surface area contributed by atoms with Gasteiger partial charge in [0.05, 0.1) is 5.41 Å². The average Bonchev–Trinajstić information content (AvgIpc) is 2.36. The van der Waals surface area contributed by atoms with Crippen molar-refractivity contribution in [1.82, 2.24) is 15.5 Å². The molecule has 118 valence electrons.